The maximum Gasteiger partial charge on any atom is 0.135 e. The van der Waals surface area contributed by atoms with Crippen LogP contribution < -0.4 is 5.73 Å². The predicted molar refractivity (Wildman–Crippen MR) is 72.2 cm³/mol. The molecule has 2 N–H and O–H groups in total. The molecule has 2 heterocycles. The van der Waals surface area contributed by atoms with E-state index in [1.165, 1.54) is 25.7 Å². The van der Waals surface area contributed by atoms with Crippen molar-refractivity contribution in [3.05, 3.63) is 17.3 Å². The summed E-state index contributed by atoms with van der Waals surface area (Å²) in [6.45, 7) is 2.32. The van der Waals surface area contributed by atoms with Gasteiger partial charge in [-0.1, -0.05) is 19.8 Å². The summed E-state index contributed by atoms with van der Waals surface area (Å²) in [5, 5.41) is 3.03. The van der Waals surface area contributed by atoms with Gasteiger partial charge in [-0.3, -0.25) is 0 Å². The Balaban J connectivity index is 1.99. The lowest BCUT2D eigenvalue weighted by atomic mass is 9.82. The van der Waals surface area contributed by atoms with E-state index in [0.717, 1.165) is 22.0 Å². The summed E-state index contributed by atoms with van der Waals surface area (Å²) in [5.41, 5.74) is 6.00. The first kappa shape index (κ1) is 11.0. The van der Waals surface area contributed by atoms with Crippen LogP contribution in [0.5, 0.6) is 0 Å². The van der Waals surface area contributed by atoms with Crippen LogP contribution >= 0.6 is 11.3 Å². The molecule has 0 aromatic carbocycles. The average molecular weight is 247 g/mol. The molecular weight excluding hydrogens is 230 g/mol. The number of nitrogens with zero attached hydrogens (tertiary/aromatic N) is 2. The molecule has 2 unspecified atom stereocenters. The van der Waals surface area contributed by atoms with Gasteiger partial charge in [0.1, 0.15) is 16.5 Å². The van der Waals surface area contributed by atoms with Crippen molar-refractivity contribution >= 4 is 27.4 Å². The molecule has 2 atom stereocenters. The first-order valence-corrected chi connectivity index (χ1v) is 7.12. The topological polar surface area (TPSA) is 51.8 Å². The molecule has 0 saturated heterocycles. The summed E-state index contributed by atoms with van der Waals surface area (Å²) in [6, 6.07) is 2.00. The normalized spacial score (nSPS) is 25.2. The Hall–Kier alpha value is -1.16. The number of aromatic nitrogens is 2. The average Bonchev–Trinajstić information content (AvgIpc) is 2.77. The van der Waals surface area contributed by atoms with Crippen LogP contribution in [-0.2, 0) is 0 Å². The number of hydrogen-bond donors (Lipinski definition) is 1. The van der Waals surface area contributed by atoms with Gasteiger partial charge < -0.3 is 5.73 Å². The first-order chi connectivity index (χ1) is 8.24. The van der Waals surface area contributed by atoms with Gasteiger partial charge in [-0.2, -0.15) is 0 Å². The Morgan fingerprint density at radius 1 is 1.35 bits per heavy atom. The van der Waals surface area contributed by atoms with Crippen LogP contribution in [0, 0.1) is 5.92 Å². The Bertz CT molecular complexity index is 534. The third kappa shape index (κ3) is 2.02. The van der Waals surface area contributed by atoms with Crippen molar-refractivity contribution in [2.24, 2.45) is 5.92 Å². The van der Waals surface area contributed by atoms with E-state index in [0.29, 0.717) is 11.7 Å². The molecule has 1 aliphatic rings. The minimum absolute atomic E-state index is 0.507. The number of anilines is 1. The molecule has 0 bridgehead atoms. The largest absolute Gasteiger partial charge is 0.383 e. The highest BCUT2D eigenvalue weighted by molar-refractivity contribution is 7.16. The lowest BCUT2D eigenvalue weighted by Gasteiger charge is -2.25. The summed E-state index contributed by atoms with van der Waals surface area (Å²) in [5.74, 6) is 2.90. The molecular formula is C13H17N3S. The summed E-state index contributed by atoms with van der Waals surface area (Å²) in [6.07, 6.45) is 5.04. The van der Waals surface area contributed by atoms with E-state index >= 15 is 0 Å². The van der Waals surface area contributed by atoms with Gasteiger partial charge in [0.05, 0.1) is 5.39 Å². The van der Waals surface area contributed by atoms with E-state index in [4.69, 9.17) is 5.73 Å². The minimum Gasteiger partial charge on any atom is -0.383 e. The number of thiophene rings is 1. The number of hydrogen-bond acceptors (Lipinski definition) is 4. The van der Waals surface area contributed by atoms with Crippen molar-refractivity contribution in [3.63, 3.8) is 0 Å². The smallest absolute Gasteiger partial charge is 0.135 e. The van der Waals surface area contributed by atoms with Gasteiger partial charge in [-0.15, -0.1) is 11.3 Å². The molecule has 0 amide bonds. The molecule has 1 fully saturated rings. The van der Waals surface area contributed by atoms with Gasteiger partial charge in [-0.05, 0) is 30.2 Å². The number of rotatable bonds is 1. The van der Waals surface area contributed by atoms with Crippen LogP contribution in [-0.4, -0.2) is 9.97 Å². The fourth-order valence-corrected chi connectivity index (χ4v) is 3.53. The summed E-state index contributed by atoms with van der Waals surface area (Å²) in [7, 11) is 0. The zero-order valence-corrected chi connectivity index (χ0v) is 10.8. The predicted octanol–water partition coefficient (Wildman–Crippen LogP) is 3.57. The Labute approximate surface area is 105 Å². The van der Waals surface area contributed by atoms with Crippen molar-refractivity contribution in [3.8, 4) is 0 Å². The second-order valence-electron chi connectivity index (χ2n) is 5.08. The van der Waals surface area contributed by atoms with Crippen LogP contribution in [0.25, 0.3) is 10.2 Å². The lowest BCUT2D eigenvalue weighted by molar-refractivity contribution is 0.336. The molecule has 1 saturated carbocycles. The zero-order valence-electron chi connectivity index (χ0n) is 10.0. The third-order valence-electron chi connectivity index (χ3n) is 3.67. The SMILES string of the molecule is CC1CCCC(c2nc(N)c3ccsc3n2)C1. The summed E-state index contributed by atoms with van der Waals surface area (Å²) >= 11 is 1.65. The maximum absolute atomic E-state index is 6.00. The van der Waals surface area contributed by atoms with E-state index in [1.54, 1.807) is 11.3 Å². The van der Waals surface area contributed by atoms with Gasteiger partial charge in [0, 0.05) is 5.92 Å². The van der Waals surface area contributed by atoms with Gasteiger partial charge >= 0.3 is 0 Å². The van der Waals surface area contributed by atoms with Gasteiger partial charge in [0.2, 0.25) is 0 Å². The van der Waals surface area contributed by atoms with Crippen molar-refractivity contribution in [2.45, 2.75) is 38.5 Å². The lowest BCUT2D eigenvalue weighted by Crippen LogP contribution is -2.14. The Morgan fingerprint density at radius 2 is 2.24 bits per heavy atom. The molecule has 4 heteroatoms. The zero-order chi connectivity index (χ0) is 11.8. The molecule has 90 valence electrons. The quantitative estimate of drug-likeness (QED) is 0.838. The van der Waals surface area contributed by atoms with Crippen molar-refractivity contribution in [1.29, 1.82) is 0 Å². The summed E-state index contributed by atoms with van der Waals surface area (Å²) < 4.78 is 0. The second-order valence-corrected chi connectivity index (χ2v) is 5.97. The van der Waals surface area contributed by atoms with E-state index < -0.39 is 0 Å². The minimum atomic E-state index is 0.507. The highest BCUT2D eigenvalue weighted by Gasteiger charge is 2.23. The van der Waals surface area contributed by atoms with E-state index in [2.05, 4.69) is 16.9 Å². The Kier molecular flexibility index (Phi) is 2.74. The molecule has 2 aromatic heterocycles. The summed E-state index contributed by atoms with van der Waals surface area (Å²) in [4.78, 5) is 10.2. The Morgan fingerprint density at radius 3 is 3.06 bits per heavy atom. The highest BCUT2D eigenvalue weighted by Crippen LogP contribution is 2.36. The van der Waals surface area contributed by atoms with Gasteiger partial charge in [0.15, 0.2) is 0 Å². The third-order valence-corrected chi connectivity index (χ3v) is 4.48. The van der Waals surface area contributed by atoms with Gasteiger partial charge in [-0.25, -0.2) is 9.97 Å². The number of nitrogens with two attached hydrogens (primary N) is 1. The highest BCUT2D eigenvalue weighted by atomic mass is 32.1. The van der Waals surface area contributed by atoms with Crippen molar-refractivity contribution in [1.82, 2.24) is 9.97 Å². The molecule has 0 radical (unpaired) electrons. The molecule has 3 nitrogen and oxygen atoms in total. The van der Waals surface area contributed by atoms with E-state index in [1.807, 2.05) is 11.4 Å². The van der Waals surface area contributed by atoms with Crippen molar-refractivity contribution in [2.75, 3.05) is 5.73 Å². The molecule has 0 aliphatic heterocycles. The molecule has 1 aliphatic carbocycles. The van der Waals surface area contributed by atoms with Crippen LogP contribution in [0.2, 0.25) is 0 Å². The monoisotopic (exact) mass is 247 g/mol. The molecule has 0 spiro atoms. The number of nitrogen functional groups attached to an aromatic ring is 1. The fraction of sp³-hybridized carbons (Fsp3) is 0.538. The van der Waals surface area contributed by atoms with Gasteiger partial charge in [0.25, 0.3) is 0 Å². The molecule has 2 aromatic rings. The molecule has 17 heavy (non-hydrogen) atoms. The van der Waals surface area contributed by atoms with Crippen LogP contribution in [0.3, 0.4) is 0 Å². The maximum atomic E-state index is 6.00. The van der Waals surface area contributed by atoms with Crippen molar-refractivity contribution < 1.29 is 0 Å². The fourth-order valence-electron chi connectivity index (χ4n) is 2.75. The molecule has 3 rings (SSSR count). The van der Waals surface area contributed by atoms with Crippen LogP contribution in [0.15, 0.2) is 11.4 Å². The van der Waals surface area contributed by atoms with Crippen LogP contribution in [0.4, 0.5) is 5.82 Å². The van der Waals surface area contributed by atoms with Crippen LogP contribution in [0.1, 0.15) is 44.3 Å². The van der Waals surface area contributed by atoms with E-state index in [-0.39, 0.29) is 0 Å². The van der Waals surface area contributed by atoms with E-state index in [9.17, 15) is 0 Å². The second kappa shape index (κ2) is 4.26. The standard InChI is InChI=1S/C13H17N3S/c1-8-3-2-4-9(7-8)12-15-11(14)10-5-6-17-13(10)16-12/h5-6,8-9H,2-4,7H2,1H3,(H2,14,15,16). The first-order valence-electron chi connectivity index (χ1n) is 6.24. The number of fused-ring (bicyclic) bond motifs is 1.